The molecule has 1 heterocycles. The number of amides is 2. The summed E-state index contributed by atoms with van der Waals surface area (Å²) in [6, 6.07) is 8.28. The Morgan fingerprint density at radius 3 is 2.30 bits per heavy atom. The molecule has 0 bridgehead atoms. The summed E-state index contributed by atoms with van der Waals surface area (Å²) in [4.78, 5) is 39.1. The molecule has 0 unspecified atom stereocenters. The zero-order chi connectivity index (χ0) is 21.4. The van der Waals surface area contributed by atoms with E-state index >= 15 is 0 Å². The van der Waals surface area contributed by atoms with Crippen LogP contribution in [0.4, 0.5) is 0 Å². The van der Waals surface area contributed by atoms with E-state index in [1.807, 2.05) is 44.2 Å². The van der Waals surface area contributed by atoms with E-state index in [0.29, 0.717) is 44.7 Å². The van der Waals surface area contributed by atoms with Crippen molar-refractivity contribution in [2.24, 2.45) is 17.6 Å². The fraction of sp³-hybridized carbons (Fsp3) is 0.591. The molecular formula is C22H34ClN3O4. The largest absolute Gasteiger partial charge is 0.467 e. The van der Waals surface area contributed by atoms with Gasteiger partial charge in [-0.25, -0.2) is 4.79 Å². The van der Waals surface area contributed by atoms with Crippen LogP contribution in [-0.4, -0.2) is 55.0 Å². The van der Waals surface area contributed by atoms with Crippen LogP contribution in [-0.2, 0) is 25.5 Å². The molecule has 1 aliphatic heterocycles. The minimum atomic E-state index is -0.728. The van der Waals surface area contributed by atoms with Gasteiger partial charge in [-0.3, -0.25) is 9.59 Å². The third-order valence-electron chi connectivity index (χ3n) is 5.30. The predicted molar refractivity (Wildman–Crippen MR) is 118 cm³/mol. The maximum absolute atomic E-state index is 12.7. The minimum absolute atomic E-state index is 0. The quantitative estimate of drug-likeness (QED) is 0.602. The van der Waals surface area contributed by atoms with Crippen molar-refractivity contribution >= 4 is 30.2 Å². The number of hydrogen-bond acceptors (Lipinski definition) is 5. The van der Waals surface area contributed by atoms with Gasteiger partial charge in [-0.2, -0.15) is 0 Å². The van der Waals surface area contributed by atoms with Crippen LogP contribution < -0.4 is 11.1 Å². The first kappa shape index (κ1) is 25.9. The van der Waals surface area contributed by atoms with Crippen LogP contribution >= 0.6 is 12.4 Å². The van der Waals surface area contributed by atoms with Crippen molar-refractivity contribution in [3.8, 4) is 0 Å². The normalized spacial score (nSPS) is 16.4. The van der Waals surface area contributed by atoms with Gasteiger partial charge in [0.2, 0.25) is 11.8 Å². The topological polar surface area (TPSA) is 102 Å². The fourth-order valence-electron chi connectivity index (χ4n) is 3.68. The second kappa shape index (κ2) is 12.5. The second-order valence-corrected chi connectivity index (χ2v) is 8.11. The van der Waals surface area contributed by atoms with Crippen molar-refractivity contribution in [2.75, 3.05) is 20.2 Å². The molecule has 1 saturated heterocycles. The first-order valence-electron chi connectivity index (χ1n) is 10.3. The molecule has 1 fully saturated rings. The Morgan fingerprint density at radius 1 is 1.17 bits per heavy atom. The lowest BCUT2D eigenvalue weighted by Gasteiger charge is -2.33. The SMILES string of the molecule is COC(=O)[C@H](Cc1ccccc1)NC(=O)C1CCN(C(=O)[C@@H](N)CC(C)C)CC1.Cl. The Balaban J connectivity index is 0.00000450. The summed E-state index contributed by atoms with van der Waals surface area (Å²) in [6.45, 7) is 5.09. The summed E-state index contributed by atoms with van der Waals surface area (Å²) in [5.74, 6) is -0.557. The zero-order valence-corrected chi connectivity index (χ0v) is 18.8. The second-order valence-electron chi connectivity index (χ2n) is 8.11. The number of nitrogens with one attached hydrogen (secondary N) is 1. The first-order valence-corrected chi connectivity index (χ1v) is 10.3. The molecule has 0 saturated carbocycles. The highest BCUT2D eigenvalue weighted by atomic mass is 35.5. The average molecular weight is 440 g/mol. The third-order valence-corrected chi connectivity index (χ3v) is 5.30. The number of hydrogen-bond donors (Lipinski definition) is 2. The number of ether oxygens (including phenoxy) is 1. The van der Waals surface area contributed by atoms with Crippen molar-refractivity contribution in [3.63, 3.8) is 0 Å². The van der Waals surface area contributed by atoms with E-state index in [9.17, 15) is 14.4 Å². The molecule has 7 nitrogen and oxygen atoms in total. The number of carbonyl (C=O) groups excluding carboxylic acids is 3. The molecule has 2 rings (SSSR count). The number of halogens is 1. The molecule has 0 spiro atoms. The molecule has 1 aromatic rings. The molecule has 0 aliphatic carbocycles. The number of carbonyl (C=O) groups is 3. The Morgan fingerprint density at radius 2 is 1.77 bits per heavy atom. The Kier molecular flexibility index (Phi) is 10.8. The highest BCUT2D eigenvalue weighted by Crippen LogP contribution is 2.19. The Hall–Kier alpha value is -2.12. The summed E-state index contributed by atoms with van der Waals surface area (Å²) in [5.41, 5.74) is 6.96. The predicted octanol–water partition coefficient (Wildman–Crippen LogP) is 1.92. The molecule has 3 N–H and O–H groups in total. The molecule has 8 heteroatoms. The van der Waals surface area contributed by atoms with Gasteiger partial charge in [0, 0.05) is 25.4 Å². The fourth-order valence-corrected chi connectivity index (χ4v) is 3.68. The molecule has 1 aliphatic rings. The van der Waals surface area contributed by atoms with E-state index in [4.69, 9.17) is 10.5 Å². The average Bonchev–Trinajstić information content (AvgIpc) is 2.72. The molecule has 1 aromatic carbocycles. The van der Waals surface area contributed by atoms with E-state index in [1.54, 1.807) is 4.90 Å². The zero-order valence-electron chi connectivity index (χ0n) is 18.0. The molecule has 2 atom stereocenters. The Labute approximate surface area is 185 Å². The van der Waals surface area contributed by atoms with Crippen LogP contribution in [0.2, 0.25) is 0 Å². The van der Waals surface area contributed by atoms with Crippen molar-refractivity contribution in [2.45, 2.75) is 51.6 Å². The number of methoxy groups -OCH3 is 1. The molecule has 2 amide bonds. The summed E-state index contributed by atoms with van der Waals surface area (Å²) >= 11 is 0. The number of esters is 1. The standard InChI is InChI=1S/C22H33N3O4.ClH/c1-15(2)13-18(23)21(27)25-11-9-17(10-12-25)20(26)24-19(22(28)29-3)14-16-7-5-4-6-8-16;/h4-8,15,17-19H,9-14,23H2,1-3H3,(H,24,26);1H/t18-,19-;/m0./s1. The van der Waals surface area contributed by atoms with E-state index in [0.717, 1.165) is 5.56 Å². The number of benzene rings is 1. The van der Waals surface area contributed by atoms with Gasteiger partial charge < -0.3 is 20.7 Å². The molecule has 30 heavy (non-hydrogen) atoms. The molecule has 0 aromatic heterocycles. The van der Waals surface area contributed by atoms with E-state index in [2.05, 4.69) is 5.32 Å². The number of likely N-dealkylation sites (tertiary alicyclic amines) is 1. The lowest BCUT2D eigenvalue weighted by Crippen LogP contribution is -2.51. The van der Waals surface area contributed by atoms with Gasteiger partial charge in [0.05, 0.1) is 13.2 Å². The van der Waals surface area contributed by atoms with Gasteiger partial charge in [0.25, 0.3) is 0 Å². The minimum Gasteiger partial charge on any atom is -0.467 e. The number of rotatable bonds is 8. The first-order chi connectivity index (χ1) is 13.8. The van der Waals surface area contributed by atoms with Crippen LogP contribution in [0.3, 0.4) is 0 Å². The summed E-state index contributed by atoms with van der Waals surface area (Å²) < 4.78 is 4.86. The maximum Gasteiger partial charge on any atom is 0.328 e. The van der Waals surface area contributed by atoms with Crippen molar-refractivity contribution < 1.29 is 19.1 Å². The highest BCUT2D eigenvalue weighted by Gasteiger charge is 2.32. The maximum atomic E-state index is 12.7. The number of piperidine rings is 1. The lowest BCUT2D eigenvalue weighted by atomic mass is 9.94. The third kappa shape index (κ3) is 7.61. The monoisotopic (exact) mass is 439 g/mol. The van der Waals surface area contributed by atoms with Gasteiger partial charge in [0.1, 0.15) is 6.04 Å². The summed E-state index contributed by atoms with van der Waals surface area (Å²) in [6.07, 6.45) is 2.15. The van der Waals surface area contributed by atoms with Crippen LogP contribution in [0.1, 0.15) is 38.7 Å². The van der Waals surface area contributed by atoms with Gasteiger partial charge in [0.15, 0.2) is 0 Å². The van der Waals surface area contributed by atoms with Crippen LogP contribution in [0.15, 0.2) is 30.3 Å². The number of nitrogens with two attached hydrogens (primary N) is 1. The molecule has 168 valence electrons. The summed E-state index contributed by atoms with van der Waals surface area (Å²) in [7, 11) is 1.32. The van der Waals surface area contributed by atoms with Crippen molar-refractivity contribution in [1.29, 1.82) is 0 Å². The van der Waals surface area contributed by atoms with Gasteiger partial charge in [-0.15, -0.1) is 12.4 Å². The molecular weight excluding hydrogens is 406 g/mol. The van der Waals surface area contributed by atoms with Gasteiger partial charge in [-0.05, 0) is 30.7 Å². The Bertz CT molecular complexity index is 691. The van der Waals surface area contributed by atoms with Crippen LogP contribution in [0.5, 0.6) is 0 Å². The van der Waals surface area contributed by atoms with E-state index < -0.39 is 18.1 Å². The van der Waals surface area contributed by atoms with Crippen LogP contribution in [0, 0.1) is 11.8 Å². The van der Waals surface area contributed by atoms with Gasteiger partial charge >= 0.3 is 5.97 Å². The van der Waals surface area contributed by atoms with Gasteiger partial charge in [-0.1, -0.05) is 44.2 Å². The highest BCUT2D eigenvalue weighted by molar-refractivity contribution is 5.86. The van der Waals surface area contributed by atoms with E-state index in [-0.39, 0.29) is 30.1 Å². The number of nitrogens with zero attached hydrogens (tertiary/aromatic N) is 1. The van der Waals surface area contributed by atoms with E-state index in [1.165, 1.54) is 7.11 Å². The van der Waals surface area contributed by atoms with Crippen LogP contribution in [0.25, 0.3) is 0 Å². The van der Waals surface area contributed by atoms with Crippen molar-refractivity contribution in [1.82, 2.24) is 10.2 Å². The molecule has 0 radical (unpaired) electrons. The smallest absolute Gasteiger partial charge is 0.328 e. The summed E-state index contributed by atoms with van der Waals surface area (Å²) in [5, 5.41) is 2.84. The lowest BCUT2D eigenvalue weighted by molar-refractivity contribution is -0.146. The van der Waals surface area contributed by atoms with Crippen molar-refractivity contribution in [3.05, 3.63) is 35.9 Å².